The van der Waals surface area contributed by atoms with E-state index in [2.05, 4.69) is 22.3 Å². The number of thioether (sulfide) groups is 1. The molecular weight excluding hydrogens is 236 g/mol. The highest BCUT2D eigenvalue weighted by atomic mass is 32.2. The van der Waals surface area contributed by atoms with E-state index in [1.807, 2.05) is 6.07 Å². The third kappa shape index (κ3) is 5.34. The highest BCUT2D eigenvalue weighted by Gasteiger charge is 2.04. The third-order valence-electron chi connectivity index (χ3n) is 2.11. The van der Waals surface area contributed by atoms with Crippen LogP contribution in [0.25, 0.3) is 0 Å². The van der Waals surface area contributed by atoms with Crippen LogP contribution in [0.4, 0.5) is 5.82 Å². The van der Waals surface area contributed by atoms with E-state index in [0.717, 1.165) is 42.5 Å². The molecule has 0 spiro atoms. The van der Waals surface area contributed by atoms with Crippen LogP contribution in [0.15, 0.2) is 11.1 Å². The molecule has 0 unspecified atom stereocenters. The number of hydrogen-bond acceptors (Lipinski definition) is 6. The quantitative estimate of drug-likeness (QED) is 0.243. The summed E-state index contributed by atoms with van der Waals surface area (Å²) in [5.74, 6) is 7.90. The van der Waals surface area contributed by atoms with Gasteiger partial charge in [-0.05, 0) is 12.8 Å². The highest BCUT2D eigenvalue weighted by Crippen LogP contribution is 2.19. The normalized spacial score (nSPS) is 10.5. The molecule has 5 nitrogen and oxygen atoms in total. The summed E-state index contributed by atoms with van der Waals surface area (Å²) in [4.78, 5) is 8.79. The second-order valence-electron chi connectivity index (χ2n) is 3.60. The fraction of sp³-hybridized carbons (Fsp3) is 0.636. The number of nitrogen functional groups attached to an aromatic ring is 1. The molecule has 17 heavy (non-hydrogen) atoms. The van der Waals surface area contributed by atoms with Crippen LogP contribution in [0.5, 0.6) is 0 Å². The Labute approximate surface area is 107 Å². The lowest BCUT2D eigenvalue weighted by molar-refractivity contribution is 0.200. The van der Waals surface area contributed by atoms with Gasteiger partial charge in [-0.3, -0.25) is 0 Å². The number of hydrogen-bond donors (Lipinski definition) is 2. The second-order valence-corrected chi connectivity index (χ2v) is 4.71. The first-order chi connectivity index (χ1) is 8.30. The summed E-state index contributed by atoms with van der Waals surface area (Å²) in [6, 6.07) is 1.87. The molecule has 0 radical (unpaired) electrons. The van der Waals surface area contributed by atoms with Crippen molar-refractivity contribution in [2.45, 2.75) is 31.2 Å². The standard InChI is InChI=1S/C11H20N4OS/c1-3-5-9-13-10(15-12)8-11(14-9)17-7-4-6-16-2/h8H,3-7,12H2,1-2H3,(H,13,14,15). The van der Waals surface area contributed by atoms with Crippen molar-refractivity contribution in [3.63, 3.8) is 0 Å². The van der Waals surface area contributed by atoms with Crippen molar-refractivity contribution in [2.24, 2.45) is 5.84 Å². The van der Waals surface area contributed by atoms with Crippen molar-refractivity contribution in [3.05, 3.63) is 11.9 Å². The molecule has 0 amide bonds. The van der Waals surface area contributed by atoms with E-state index in [4.69, 9.17) is 10.6 Å². The van der Waals surface area contributed by atoms with Gasteiger partial charge in [-0.1, -0.05) is 6.92 Å². The highest BCUT2D eigenvalue weighted by molar-refractivity contribution is 7.99. The molecule has 0 saturated heterocycles. The van der Waals surface area contributed by atoms with E-state index in [0.29, 0.717) is 5.82 Å². The smallest absolute Gasteiger partial charge is 0.144 e. The van der Waals surface area contributed by atoms with Gasteiger partial charge in [0.25, 0.3) is 0 Å². The molecule has 0 bridgehead atoms. The Bertz CT molecular complexity index is 335. The maximum Gasteiger partial charge on any atom is 0.144 e. The Morgan fingerprint density at radius 1 is 1.47 bits per heavy atom. The molecule has 1 rings (SSSR count). The summed E-state index contributed by atoms with van der Waals surface area (Å²) in [5, 5.41) is 0.965. The van der Waals surface area contributed by atoms with Gasteiger partial charge in [-0.25, -0.2) is 15.8 Å². The lowest BCUT2D eigenvalue weighted by atomic mass is 10.3. The van der Waals surface area contributed by atoms with Gasteiger partial charge in [-0.2, -0.15) is 0 Å². The van der Waals surface area contributed by atoms with Gasteiger partial charge < -0.3 is 10.2 Å². The van der Waals surface area contributed by atoms with Gasteiger partial charge in [-0.15, -0.1) is 11.8 Å². The zero-order valence-electron chi connectivity index (χ0n) is 10.4. The van der Waals surface area contributed by atoms with Gasteiger partial charge in [0, 0.05) is 32.0 Å². The summed E-state index contributed by atoms with van der Waals surface area (Å²) in [5.41, 5.74) is 2.58. The molecule has 6 heteroatoms. The molecular formula is C11H20N4OS. The van der Waals surface area contributed by atoms with Gasteiger partial charge >= 0.3 is 0 Å². The minimum Gasteiger partial charge on any atom is -0.385 e. The molecule has 0 saturated carbocycles. The van der Waals surface area contributed by atoms with Crippen molar-refractivity contribution >= 4 is 17.6 Å². The van der Waals surface area contributed by atoms with E-state index < -0.39 is 0 Å². The summed E-state index contributed by atoms with van der Waals surface area (Å²) in [6.45, 7) is 2.89. The molecule has 0 atom stereocenters. The van der Waals surface area contributed by atoms with E-state index in [1.165, 1.54) is 0 Å². The van der Waals surface area contributed by atoms with E-state index in [9.17, 15) is 0 Å². The number of aromatic nitrogens is 2. The van der Waals surface area contributed by atoms with Crippen molar-refractivity contribution in [2.75, 3.05) is 24.9 Å². The van der Waals surface area contributed by atoms with Crippen LogP contribution in [0.3, 0.4) is 0 Å². The Morgan fingerprint density at radius 2 is 2.29 bits per heavy atom. The molecule has 96 valence electrons. The first-order valence-electron chi connectivity index (χ1n) is 5.76. The minimum atomic E-state index is 0.678. The maximum absolute atomic E-state index is 5.39. The Kier molecular flexibility index (Phi) is 6.91. The predicted octanol–water partition coefficient (Wildman–Crippen LogP) is 1.84. The SMILES string of the molecule is CCCc1nc(NN)cc(SCCCOC)n1. The zero-order valence-corrected chi connectivity index (χ0v) is 11.2. The van der Waals surface area contributed by atoms with Crippen LogP contribution in [-0.2, 0) is 11.2 Å². The number of aryl methyl sites for hydroxylation is 1. The molecule has 0 aromatic carbocycles. The van der Waals surface area contributed by atoms with E-state index >= 15 is 0 Å². The summed E-state index contributed by atoms with van der Waals surface area (Å²) in [6.07, 6.45) is 2.92. The topological polar surface area (TPSA) is 73.1 Å². The minimum absolute atomic E-state index is 0.678. The number of methoxy groups -OCH3 is 1. The number of ether oxygens (including phenoxy) is 1. The van der Waals surface area contributed by atoms with E-state index in [-0.39, 0.29) is 0 Å². The second kappa shape index (κ2) is 8.27. The predicted molar refractivity (Wildman–Crippen MR) is 71.1 cm³/mol. The lowest BCUT2D eigenvalue weighted by Gasteiger charge is -2.06. The molecule has 3 N–H and O–H groups in total. The van der Waals surface area contributed by atoms with Gasteiger partial charge in [0.1, 0.15) is 16.7 Å². The average Bonchev–Trinajstić information content (AvgIpc) is 2.35. The molecule has 1 heterocycles. The van der Waals surface area contributed by atoms with Crippen molar-refractivity contribution in [1.29, 1.82) is 0 Å². The zero-order chi connectivity index (χ0) is 12.5. The fourth-order valence-electron chi connectivity index (χ4n) is 1.34. The number of nitrogens with zero attached hydrogens (tertiary/aromatic N) is 2. The molecule has 0 aliphatic rings. The Hall–Kier alpha value is -0.850. The number of anilines is 1. The molecule has 1 aromatic rings. The van der Waals surface area contributed by atoms with Crippen LogP contribution in [0, 0.1) is 0 Å². The van der Waals surface area contributed by atoms with Crippen LogP contribution < -0.4 is 11.3 Å². The fourth-order valence-corrected chi connectivity index (χ4v) is 2.17. The number of nitrogens with two attached hydrogens (primary N) is 1. The van der Waals surface area contributed by atoms with Crippen LogP contribution in [0.2, 0.25) is 0 Å². The van der Waals surface area contributed by atoms with Crippen molar-refractivity contribution in [1.82, 2.24) is 9.97 Å². The summed E-state index contributed by atoms with van der Waals surface area (Å²) in [7, 11) is 1.71. The Balaban J connectivity index is 2.59. The van der Waals surface area contributed by atoms with Crippen LogP contribution in [0.1, 0.15) is 25.6 Å². The van der Waals surface area contributed by atoms with Crippen molar-refractivity contribution in [3.8, 4) is 0 Å². The third-order valence-corrected chi connectivity index (χ3v) is 3.11. The molecule has 1 aromatic heterocycles. The number of rotatable bonds is 8. The molecule has 0 fully saturated rings. The lowest BCUT2D eigenvalue weighted by Crippen LogP contribution is -2.10. The maximum atomic E-state index is 5.39. The van der Waals surface area contributed by atoms with Crippen LogP contribution in [-0.4, -0.2) is 29.4 Å². The average molecular weight is 256 g/mol. The number of nitrogens with one attached hydrogen (secondary N) is 1. The first-order valence-corrected chi connectivity index (χ1v) is 6.75. The summed E-state index contributed by atoms with van der Waals surface area (Å²) < 4.78 is 5.01. The van der Waals surface area contributed by atoms with Crippen molar-refractivity contribution < 1.29 is 4.74 Å². The Morgan fingerprint density at radius 3 is 2.94 bits per heavy atom. The monoisotopic (exact) mass is 256 g/mol. The van der Waals surface area contributed by atoms with Crippen LogP contribution >= 0.6 is 11.8 Å². The first kappa shape index (κ1) is 14.2. The number of hydrazine groups is 1. The van der Waals surface area contributed by atoms with Gasteiger partial charge in [0.2, 0.25) is 0 Å². The molecule has 0 aliphatic carbocycles. The summed E-state index contributed by atoms with van der Waals surface area (Å²) >= 11 is 1.70. The largest absolute Gasteiger partial charge is 0.385 e. The van der Waals surface area contributed by atoms with Gasteiger partial charge in [0.15, 0.2) is 0 Å². The van der Waals surface area contributed by atoms with E-state index in [1.54, 1.807) is 18.9 Å². The molecule has 0 aliphatic heterocycles. The van der Waals surface area contributed by atoms with Gasteiger partial charge in [0.05, 0.1) is 0 Å².